The van der Waals surface area contributed by atoms with Crippen molar-refractivity contribution in [3.8, 4) is 5.75 Å². The van der Waals surface area contributed by atoms with Gasteiger partial charge in [-0.25, -0.2) is 9.78 Å². The van der Waals surface area contributed by atoms with Crippen LogP contribution < -0.4 is 42.2 Å². The highest BCUT2D eigenvalue weighted by Crippen LogP contribution is 2.16. The van der Waals surface area contributed by atoms with E-state index in [1.54, 1.807) is 16.7 Å². The summed E-state index contributed by atoms with van der Waals surface area (Å²) in [5.41, 5.74) is -1.33. The molecular weight excluding hydrogens is 694 g/mol. The van der Waals surface area contributed by atoms with Gasteiger partial charge >= 0.3 is 11.9 Å². The first kappa shape index (κ1) is 43.4. The molecule has 2 rings (SSSR count). The quantitative estimate of drug-likeness (QED) is 0.0203. The summed E-state index contributed by atoms with van der Waals surface area (Å²) in [4.78, 5) is 113. The summed E-state index contributed by atoms with van der Waals surface area (Å²) in [6, 6.07) is 0. The number of carbonyl (C=O) groups is 6. The number of nitrogens with one attached hydrogen (secondary N) is 5. The van der Waals surface area contributed by atoms with Crippen LogP contribution in [0.4, 0.5) is 5.69 Å². The molecule has 0 atom stereocenters. The van der Waals surface area contributed by atoms with Gasteiger partial charge in [-0.15, -0.1) is 0 Å². The van der Waals surface area contributed by atoms with E-state index < -0.39 is 47.7 Å². The van der Waals surface area contributed by atoms with Crippen LogP contribution in [0.3, 0.4) is 0 Å². The predicted molar refractivity (Wildman–Crippen MR) is 182 cm³/mol. The molecule has 52 heavy (non-hydrogen) atoms. The Bertz CT molecular complexity index is 1420. The molecule has 1 saturated heterocycles. The molecule has 0 saturated carbocycles. The Morgan fingerprint density at radius 1 is 0.615 bits per heavy atom. The minimum absolute atomic E-state index is 0.0339. The number of carboxylic acid groups (broad SMARTS) is 2. The van der Waals surface area contributed by atoms with Crippen LogP contribution in [0.5, 0.6) is 5.75 Å². The molecule has 1 aromatic carbocycles. The van der Waals surface area contributed by atoms with Crippen molar-refractivity contribution >= 4 is 41.3 Å². The molecule has 22 heteroatoms. The lowest BCUT2D eigenvalue weighted by Gasteiger charge is -2.33. The lowest BCUT2D eigenvalue weighted by molar-refractivity contribution is -0.275. The maximum atomic E-state index is 13.0. The molecule has 1 aromatic rings. The Labute approximate surface area is 299 Å². The molecule has 0 aromatic heterocycles. The predicted octanol–water partition coefficient (Wildman–Crippen LogP) is -5.52. The van der Waals surface area contributed by atoms with Crippen LogP contribution in [0, 0.1) is 0 Å². The van der Waals surface area contributed by atoms with Crippen molar-refractivity contribution in [2.45, 2.75) is 6.92 Å². The second-order valence-corrected chi connectivity index (χ2v) is 11.5. The molecule has 0 bridgehead atoms. The first-order chi connectivity index (χ1) is 24.8. The van der Waals surface area contributed by atoms with Crippen molar-refractivity contribution in [2.75, 3.05) is 130 Å². The summed E-state index contributed by atoms with van der Waals surface area (Å²) < 4.78 is 5.18. The van der Waals surface area contributed by atoms with Crippen LogP contribution >= 0.6 is 0 Å². The van der Waals surface area contributed by atoms with Crippen LogP contribution in [-0.4, -0.2) is 191 Å². The lowest BCUT2D eigenvalue weighted by Crippen LogP contribution is -2.51. The number of carbonyl (C=O) groups excluding carboxylic acids is 4. The molecule has 0 unspecified atom stereocenters. The number of carboxylic acids is 2. The molecule has 0 radical (unpaired) electrons. The summed E-state index contributed by atoms with van der Waals surface area (Å²) in [5, 5.41) is 30.7. The Hall–Kier alpha value is -4.74. The van der Waals surface area contributed by atoms with Crippen molar-refractivity contribution in [1.29, 1.82) is 0 Å². The third-order valence-corrected chi connectivity index (χ3v) is 7.62. The van der Waals surface area contributed by atoms with Gasteiger partial charge in [-0.05, 0) is 6.92 Å². The first-order valence-corrected chi connectivity index (χ1v) is 16.6. The van der Waals surface area contributed by atoms with E-state index in [0.717, 1.165) is 0 Å². The van der Waals surface area contributed by atoms with Crippen molar-refractivity contribution in [3.63, 3.8) is 0 Å². The number of nitrogens with zero attached hydrogens (tertiary/aromatic N) is 4. The summed E-state index contributed by atoms with van der Waals surface area (Å²) in [6.45, 7) is 2.56. The Balaban J connectivity index is 2.15. The molecule has 0 spiro atoms. The summed E-state index contributed by atoms with van der Waals surface area (Å²) in [5.74, 6) is -4.26. The maximum absolute atomic E-state index is 13.0. The summed E-state index contributed by atoms with van der Waals surface area (Å²) in [6.07, 6.45) is 0. The SMILES string of the molecule is CCOc1c(NCCNC(=O)CN2CCN(CC(=O)NCOOC)CCN(CC(=O)NCC(=O)O)CCN(CC(=O)NCC(=O)O)CC2)c(=O)c1=O. The van der Waals surface area contributed by atoms with Gasteiger partial charge in [-0.1, -0.05) is 0 Å². The van der Waals surface area contributed by atoms with Gasteiger partial charge in [0.2, 0.25) is 23.6 Å². The molecule has 22 nitrogen and oxygen atoms in total. The van der Waals surface area contributed by atoms with Gasteiger partial charge < -0.3 is 41.5 Å². The van der Waals surface area contributed by atoms with Gasteiger partial charge in [0.05, 0.1) is 39.9 Å². The number of hydrogen-bond donors (Lipinski definition) is 7. The van der Waals surface area contributed by atoms with Crippen LogP contribution in [-0.2, 0) is 38.5 Å². The van der Waals surface area contributed by atoms with Gasteiger partial charge in [0.1, 0.15) is 18.8 Å². The number of amides is 4. The molecule has 1 aliphatic heterocycles. The average molecular weight is 744 g/mol. The number of anilines is 1. The topological polar surface area (TPSA) is 278 Å². The molecule has 1 heterocycles. The van der Waals surface area contributed by atoms with Crippen LogP contribution in [0.2, 0.25) is 0 Å². The highest BCUT2D eigenvalue weighted by molar-refractivity contribution is 5.83. The van der Waals surface area contributed by atoms with E-state index in [2.05, 4.69) is 31.5 Å². The fraction of sp³-hybridized carbons (Fsp3) is 0.667. The number of hydrogen-bond acceptors (Lipinski definition) is 16. The van der Waals surface area contributed by atoms with E-state index in [1.807, 2.05) is 9.80 Å². The fourth-order valence-corrected chi connectivity index (χ4v) is 4.97. The summed E-state index contributed by atoms with van der Waals surface area (Å²) in [7, 11) is 1.29. The Kier molecular flexibility index (Phi) is 19.8. The van der Waals surface area contributed by atoms with Crippen LogP contribution in [0.25, 0.3) is 0 Å². The van der Waals surface area contributed by atoms with Gasteiger partial charge in [0.15, 0.2) is 12.5 Å². The second-order valence-electron chi connectivity index (χ2n) is 11.5. The molecule has 4 amide bonds. The van der Waals surface area contributed by atoms with Gasteiger partial charge in [0, 0.05) is 65.4 Å². The zero-order valence-corrected chi connectivity index (χ0v) is 29.4. The normalized spacial score (nSPS) is 15.5. The minimum Gasteiger partial charge on any atom is -0.488 e. The van der Waals surface area contributed by atoms with E-state index in [4.69, 9.17) is 19.8 Å². The number of aliphatic carboxylic acids is 2. The van der Waals surface area contributed by atoms with E-state index in [-0.39, 0.29) is 115 Å². The largest absolute Gasteiger partial charge is 0.488 e. The van der Waals surface area contributed by atoms with Crippen molar-refractivity contribution in [2.24, 2.45) is 0 Å². The Morgan fingerprint density at radius 2 is 1.02 bits per heavy atom. The lowest BCUT2D eigenvalue weighted by atomic mass is 10.2. The molecule has 1 aliphatic rings. The summed E-state index contributed by atoms with van der Waals surface area (Å²) >= 11 is 0. The average Bonchev–Trinajstić information content (AvgIpc) is 3.09. The molecular formula is C30H49N9O13. The molecule has 7 N–H and O–H groups in total. The monoisotopic (exact) mass is 743 g/mol. The van der Waals surface area contributed by atoms with Gasteiger partial charge in [0.25, 0.3) is 10.9 Å². The molecule has 0 aliphatic carbocycles. The van der Waals surface area contributed by atoms with Crippen LogP contribution in [0.15, 0.2) is 9.59 Å². The van der Waals surface area contributed by atoms with E-state index in [0.29, 0.717) is 13.1 Å². The van der Waals surface area contributed by atoms with Gasteiger partial charge in [-0.2, -0.15) is 0 Å². The van der Waals surface area contributed by atoms with Gasteiger partial charge in [-0.3, -0.25) is 58.0 Å². The van der Waals surface area contributed by atoms with Crippen molar-refractivity contribution in [3.05, 3.63) is 20.4 Å². The third kappa shape index (κ3) is 17.0. The highest BCUT2D eigenvalue weighted by Gasteiger charge is 2.23. The zero-order chi connectivity index (χ0) is 38.5. The Morgan fingerprint density at radius 3 is 1.40 bits per heavy atom. The van der Waals surface area contributed by atoms with Crippen molar-refractivity contribution < 1.29 is 53.5 Å². The van der Waals surface area contributed by atoms with E-state index in [9.17, 15) is 38.4 Å². The van der Waals surface area contributed by atoms with Crippen molar-refractivity contribution in [1.82, 2.24) is 40.9 Å². The number of rotatable bonds is 21. The third-order valence-electron chi connectivity index (χ3n) is 7.62. The smallest absolute Gasteiger partial charge is 0.322 e. The minimum atomic E-state index is -1.21. The standard InChI is InChI=1S/C30H49N9O13/c1-3-51-30-27(28(48)29(30)49)32-5-4-31-21(40)16-36-6-8-37(17-22(41)33-14-25(44)45)9-10-38(18-23(42)34-15-26(46)47)11-13-39(12-7-36)19-24(43)35-20-52-50-2/h32H,3-20H2,1-2H3,(H,31,40)(H,33,41)(H,34,42)(H,35,43)(H,44,45)(H,46,47). The molecule has 292 valence electrons. The van der Waals surface area contributed by atoms with Crippen LogP contribution in [0.1, 0.15) is 6.92 Å². The fourth-order valence-electron chi connectivity index (χ4n) is 4.97. The highest BCUT2D eigenvalue weighted by atomic mass is 17.2. The second kappa shape index (κ2) is 23.7. The van der Waals surface area contributed by atoms with E-state index >= 15 is 0 Å². The molecule has 1 fully saturated rings. The maximum Gasteiger partial charge on any atom is 0.322 e. The first-order valence-electron chi connectivity index (χ1n) is 16.6. The zero-order valence-electron chi connectivity index (χ0n) is 29.4. The van der Waals surface area contributed by atoms with E-state index in [1.165, 1.54) is 7.11 Å². The number of ether oxygens (including phenoxy) is 1.